The van der Waals surface area contributed by atoms with E-state index in [2.05, 4.69) is 66.7 Å². The van der Waals surface area contributed by atoms with Gasteiger partial charge in [0.15, 0.2) is 0 Å². The van der Waals surface area contributed by atoms with E-state index in [0.717, 1.165) is 24.8 Å². The number of esters is 2. The van der Waals surface area contributed by atoms with Crippen LogP contribution < -0.4 is 0 Å². The summed E-state index contributed by atoms with van der Waals surface area (Å²) >= 11 is 0. The van der Waals surface area contributed by atoms with Crippen molar-refractivity contribution in [3.63, 3.8) is 0 Å². The van der Waals surface area contributed by atoms with Gasteiger partial charge < -0.3 is 14.2 Å². The summed E-state index contributed by atoms with van der Waals surface area (Å²) in [5.41, 5.74) is 0.998. The lowest BCUT2D eigenvalue weighted by Crippen LogP contribution is -2.28. The first-order chi connectivity index (χ1) is 17.7. The van der Waals surface area contributed by atoms with E-state index in [1.165, 1.54) is 13.3 Å². The Kier molecular flexibility index (Phi) is 12.3. The Morgan fingerprint density at radius 1 is 1.16 bits per heavy atom. The zero-order valence-corrected chi connectivity index (χ0v) is 25.7. The monoisotopic (exact) mass is 530 g/mol. The first kappa shape index (κ1) is 32.3. The van der Waals surface area contributed by atoms with Crippen LogP contribution in [-0.2, 0) is 23.8 Å². The smallest absolute Gasteiger partial charge is 0.306 e. The summed E-state index contributed by atoms with van der Waals surface area (Å²) in [4.78, 5) is 24.5. The van der Waals surface area contributed by atoms with Crippen molar-refractivity contribution in [1.82, 2.24) is 0 Å². The third kappa shape index (κ3) is 10.4. The highest BCUT2D eigenvalue weighted by atomic mass is 16.6. The van der Waals surface area contributed by atoms with Gasteiger partial charge in [-0.15, -0.1) is 0 Å². The molecule has 5 heteroatoms. The predicted molar refractivity (Wildman–Crippen MR) is 154 cm³/mol. The molecule has 0 spiro atoms. The van der Waals surface area contributed by atoms with E-state index >= 15 is 0 Å². The van der Waals surface area contributed by atoms with Gasteiger partial charge in [0.2, 0.25) is 0 Å². The topological polar surface area (TPSA) is 65.1 Å². The summed E-state index contributed by atoms with van der Waals surface area (Å²) in [5, 5.41) is 0. The minimum atomic E-state index is -0.376. The Balaban J connectivity index is 2.14. The van der Waals surface area contributed by atoms with Crippen LogP contribution in [0.1, 0.15) is 101 Å². The van der Waals surface area contributed by atoms with Gasteiger partial charge in [0.05, 0.1) is 12.2 Å². The summed E-state index contributed by atoms with van der Waals surface area (Å²) < 4.78 is 17.7. The molecular weight excluding hydrogens is 476 g/mol. The number of epoxide rings is 1. The lowest BCUT2D eigenvalue weighted by atomic mass is 9.83. The van der Waals surface area contributed by atoms with Crippen LogP contribution in [-0.4, -0.2) is 36.4 Å². The summed E-state index contributed by atoms with van der Waals surface area (Å²) in [5.74, 6) is 1.17. The number of rotatable bonds is 9. The Morgan fingerprint density at radius 3 is 2.47 bits per heavy atom. The zero-order valence-electron chi connectivity index (χ0n) is 25.7. The fraction of sp³-hybridized carbons (Fsp3) is 0.758. The van der Waals surface area contributed by atoms with Crippen LogP contribution in [0.15, 0.2) is 36.0 Å². The summed E-state index contributed by atoms with van der Waals surface area (Å²) in [6, 6.07) is 0. The minimum absolute atomic E-state index is 0.00286. The highest BCUT2D eigenvalue weighted by Gasteiger charge is 2.46. The van der Waals surface area contributed by atoms with E-state index in [1.807, 2.05) is 26.0 Å². The number of hydrogen-bond acceptors (Lipinski definition) is 5. The molecule has 1 saturated heterocycles. The maximum Gasteiger partial charge on any atom is 0.306 e. The Hall–Kier alpha value is -1.88. The van der Waals surface area contributed by atoms with Crippen molar-refractivity contribution in [2.75, 3.05) is 0 Å². The van der Waals surface area contributed by atoms with E-state index in [-0.39, 0.29) is 47.3 Å². The number of carbonyl (C=O) groups excluding carboxylic acids is 2. The zero-order chi connectivity index (χ0) is 28.6. The first-order valence-corrected chi connectivity index (χ1v) is 14.8. The number of ether oxygens (including phenoxy) is 3. The third-order valence-electron chi connectivity index (χ3n) is 8.60. The Morgan fingerprint density at radius 2 is 1.84 bits per heavy atom. The van der Waals surface area contributed by atoms with Crippen molar-refractivity contribution >= 4 is 11.9 Å². The van der Waals surface area contributed by atoms with Crippen molar-refractivity contribution in [1.29, 1.82) is 0 Å². The molecule has 0 bridgehead atoms. The molecule has 5 nitrogen and oxygen atoms in total. The van der Waals surface area contributed by atoms with Crippen molar-refractivity contribution in [2.24, 2.45) is 35.0 Å². The maximum absolute atomic E-state index is 12.8. The number of cyclic esters (lactones) is 1. The van der Waals surface area contributed by atoms with Gasteiger partial charge in [0.1, 0.15) is 12.2 Å². The van der Waals surface area contributed by atoms with E-state index in [1.54, 1.807) is 0 Å². The van der Waals surface area contributed by atoms with Gasteiger partial charge in [0, 0.05) is 19.3 Å². The second kappa shape index (κ2) is 14.5. The lowest BCUT2D eigenvalue weighted by molar-refractivity contribution is -0.149. The molecule has 0 amide bonds. The van der Waals surface area contributed by atoms with Crippen molar-refractivity contribution in [2.45, 2.75) is 126 Å². The minimum Gasteiger partial charge on any atom is -0.458 e. The molecule has 0 N–H and O–H groups in total. The first-order valence-electron chi connectivity index (χ1n) is 14.8. The quantitative estimate of drug-likeness (QED) is 0.131. The Bertz CT molecular complexity index is 869. The molecule has 0 aromatic heterocycles. The highest BCUT2D eigenvalue weighted by molar-refractivity contribution is 5.70. The number of allylic oxidation sites excluding steroid dienone is 3. The van der Waals surface area contributed by atoms with E-state index in [4.69, 9.17) is 14.2 Å². The molecule has 2 heterocycles. The number of carbonyl (C=O) groups is 2. The third-order valence-corrected chi connectivity index (χ3v) is 8.60. The van der Waals surface area contributed by atoms with Crippen LogP contribution >= 0.6 is 0 Å². The molecule has 0 aromatic rings. The second-order valence-electron chi connectivity index (χ2n) is 12.9. The van der Waals surface area contributed by atoms with Gasteiger partial charge >= 0.3 is 11.9 Å². The predicted octanol–water partition coefficient (Wildman–Crippen LogP) is 7.85. The summed E-state index contributed by atoms with van der Waals surface area (Å²) in [6.07, 6.45) is 14.8. The van der Waals surface area contributed by atoms with Crippen molar-refractivity contribution < 1.29 is 23.8 Å². The molecule has 9 atom stereocenters. The normalized spacial score (nSPS) is 34.0. The van der Waals surface area contributed by atoms with Gasteiger partial charge in [-0.1, -0.05) is 86.1 Å². The van der Waals surface area contributed by atoms with Crippen LogP contribution in [0.4, 0.5) is 0 Å². The second-order valence-corrected chi connectivity index (χ2v) is 12.9. The molecule has 0 saturated carbocycles. The maximum atomic E-state index is 12.8. The summed E-state index contributed by atoms with van der Waals surface area (Å²) in [7, 11) is 0. The molecule has 2 rings (SSSR count). The molecule has 216 valence electrons. The average Bonchev–Trinajstić information content (AvgIpc) is 3.59. The molecule has 1 fully saturated rings. The Labute approximate surface area is 232 Å². The molecule has 0 radical (unpaired) electrons. The van der Waals surface area contributed by atoms with Crippen LogP contribution in [0.5, 0.6) is 0 Å². The van der Waals surface area contributed by atoms with E-state index in [9.17, 15) is 9.59 Å². The fourth-order valence-corrected chi connectivity index (χ4v) is 5.45. The van der Waals surface area contributed by atoms with Crippen LogP contribution in [0.2, 0.25) is 0 Å². The van der Waals surface area contributed by atoms with Crippen LogP contribution in [0.25, 0.3) is 0 Å². The van der Waals surface area contributed by atoms with Crippen molar-refractivity contribution in [3.8, 4) is 0 Å². The molecule has 0 aliphatic carbocycles. The molecule has 2 aliphatic heterocycles. The van der Waals surface area contributed by atoms with Crippen LogP contribution in [0.3, 0.4) is 0 Å². The molecule has 2 aliphatic rings. The fourth-order valence-electron chi connectivity index (χ4n) is 5.45. The summed E-state index contributed by atoms with van der Waals surface area (Å²) in [6.45, 7) is 21.1. The highest BCUT2D eigenvalue weighted by Crippen LogP contribution is 2.41. The van der Waals surface area contributed by atoms with Crippen molar-refractivity contribution in [3.05, 3.63) is 36.0 Å². The molecule has 38 heavy (non-hydrogen) atoms. The molecule has 0 aromatic carbocycles. The van der Waals surface area contributed by atoms with E-state index < -0.39 is 0 Å². The van der Waals surface area contributed by atoms with Gasteiger partial charge in [-0.05, 0) is 66.9 Å². The van der Waals surface area contributed by atoms with E-state index in [0.29, 0.717) is 30.5 Å². The van der Waals surface area contributed by atoms with Gasteiger partial charge in [-0.3, -0.25) is 9.59 Å². The standard InChI is InChI=1S/C33H54O5/c1-11-22(3)26(7)32-29(37-32)20-33(9,10)18-12-13-24(5)31-25(6)16-17-28(36-27(8)34)23(4)15-14-21(2)19-30(35)38-31/h12-13,16-18,21-23,25-26,28-29,31-32H,11,14-15,19-20H2,1-10H3/b17-16+,18-12+,24-13+. The van der Waals surface area contributed by atoms with Gasteiger partial charge in [-0.25, -0.2) is 0 Å². The average molecular weight is 531 g/mol. The van der Waals surface area contributed by atoms with Gasteiger partial charge in [-0.2, -0.15) is 0 Å². The lowest BCUT2D eigenvalue weighted by Gasteiger charge is -2.27. The number of hydrogen-bond donors (Lipinski definition) is 0. The largest absolute Gasteiger partial charge is 0.458 e. The SMILES string of the molecule is CCC(C)C(C)C1OC1CC(C)(C)/C=C/C=C(\C)C1OC(=O)CC(C)CCC(C)C(OC(C)=O)/C=C/C1C. The molecular formula is C33H54O5. The molecule has 9 unspecified atom stereocenters. The van der Waals surface area contributed by atoms with Gasteiger partial charge in [0.25, 0.3) is 0 Å². The van der Waals surface area contributed by atoms with Crippen LogP contribution in [0, 0.1) is 35.0 Å².